The SMILES string of the molecule is COc1ccccc1CC(=O)N1CCCC[C@H]2CN(c3ncc(C(=O)O)c(CCc4cc(Cl)cc(Cl)c4)n3)C[C@H]21. The molecule has 10 heteroatoms. The Labute approximate surface area is 243 Å². The largest absolute Gasteiger partial charge is 0.496 e. The highest BCUT2D eigenvalue weighted by molar-refractivity contribution is 6.34. The van der Waals surface area contributed by atoms with Crippen LogP contribution in [0.15, 0.2) is 48.7 Å². The average Bonchev–Trinajstić information content (AvgIpc) is 3.25. The van der Waals surface area contributed by atoms with Crippen molar-refractivity contribution < 1.29 is 19.4 Å². The summed E-state index contributed by atoms with van der Waals surface area (Å²) >= 11 is 12.3. The molecule has 2 aliphatic heterocycles. The maximum atomic E-state index is 13.6. The quantitative estimate of drug-likeness (QED) is 0.383. The molecule has 210 valence electrons. The molecular formula is C30H32Cl2N4O4. The van der Waals surface area contributed by atoms with Gasteiger partial charge in [-0.15, -0.1) is 0 Å². The van der Waals surface area contributed by atoms with Crippen molar-refractivity contribution in [2.75, 3.05) is 31.6 Å². The van der Waals surface area contributed by atoms with Crippen LogP contribution in [0.1, 0.15) is 46.4 Å². The van der Waals surface area contributed by atoms with Crippen LogP contribution in [-0.4, -0.2) is 64.6 Å². The van der Waals surface area contributed by atoms with Crippen LogP contribution < -0.4 is 9.64 Å². The fourth-order valence-electron chi connectivity index (χ4n) is 5.88. The highest BCUT2D eigenvalue weighted by Crippen LogP contribution is 2.33. The Morgan fingerprint density at radius 3 is 2.60 bits per heavy atom. The van der Waals surface area contributed by atoms with Crippen LogP contribution in [0.4, 0.5) is 5.95 Å². The number of amides is 1. The molecular weight excluding hydrogens is 551 g/mol. The minimum Gasteiger partial charge on any atom is -0.496 e. The number of para-hydroxylation sites is 1. The highest BCUT2D eigenvalue weighted by atomic mass is 35.5. The third kappa shape index (κ3) is 6.34. The van der Waals surface area contributed by atoms with Gasteiger partial charge >= 0.3 is 5.97 Å². The zero-order valence-electron chi connectivity index (χ0n) is 22.4. The van der Waals surface area contributed by atoms with Gasteiger partial charge in [0.15, 0.2) is 0 Å². The van der Waals surface area contributed by atoms with E-state index in [9.17, 15) is 14.7 Å². The molecule has 0 bridgehead atoms. The average molecular weight is 584 g/mol. The van der Waals surface area contributed by atoms with E-state index in [0.29, 0.717) is 47.0 Å². The number of rotatable bonds is 8. The van der Waals surface area contributed by atoms with Gasteiger partial charge in [0.05, 0.1) is 30.8 Å². The summed E-state index contributed by atoms with van der Waals surface area (Å²) in [4.78, 5) is 38.8. The molecule has 1 aromatic heterocycles. The summed E-state index contributed by atoms with van der Waals surface area (Å²) in [5.74, 6) is 0.532. The molecule has 2 atom stereocenters. The van der Waals surface area contributed by atoms with Crippen molar-refractivity contribution in [1.29, 1.82) is 0 Å². The summed E-state index contributed by atoms with van der Waals surface area (Å²) in [7, 11) is 1.62. The Hall–Kier alpha value is -3.36. The molecule has 1 N–H and O–H groups in total. The van der Waals surface area contributed by atoms with Crippen molar-refractivity contribution in [3.8, 4) is 5.75 Å². The number of anilines is 1. The lowest BCUT2D eigenvalue weighted by Gasteiger charge is -2.30. The molecule has 0 radical (unpaired) electrons. The molecule has 40 heavy (non-hydrogen) atoms. The minimum atomic E-state index is -1.06. The molecule has 2 fully saturated rings. The number of likely N-dealkylation sites (tertiary alicyclic amines) is 1. The Balaban J connectivity index is 1.34. The van der Waals surface area contributed by atoms with Crippen LogP contribution in [0.3, 0.4) is 0 Å². The molecule has 5 rings (SSSR count). The van der Waals surface area contributed by atoms with Crippen molar-refractivity contribution in [1.82, 2.24) is 14.9 Å². The summed E-state index contributed by atoms with van der Waals surface area (Å²) in [6, 6.07) is 13.0. The third-order valence-electron chi connectivity index (χ3n) is 7.83. The molecule has 2 aromatic carbocycles. The van der Waals surface area contributed by atoms with Gasteiger partial charge in [-0.1, -0.05) is 47.8 Å². The van der Waals surface area contributed by atoms with Crippen LogP contribution in [0.2, 0.25) is 10.0 Å². The van der Waals surface area contributed by atoms with Gasteiger partial charge in [-0.05, 0) is 61.4 Å². The van der Waals surface area contributed by atoms with E-state index in [1.54, 1.807) is 13.2 Å². The normalized spacial score (nSPS) is 18.8. The number of halogens is 2. The predicted molar refractivity (Wildman–Crippen MR) is 155 cm³/mol. The number of aromatic carboxylic acids is 1. The summed E-state index contributed by atoms with van der Waals surface area (Å²) in [6.07, 6.45) is 5.67. The van der Waals surface area contributed by atoms with Crippen LogP contribution in [-0.2, 0) is 24.1 Å². The molecule has 1 amide bonds. The lowest BCUT2D eigenvalue weighted by Crippen LogP contribution is -2.45. The van der Waals surface area contributed by atoms with Gasteiger partial charge in [-0.25, -0.2) is 14.8 Å². The lowest BCUT2D eigenvalue weighted by atomic mass is 9.98. The van der Waals surface area contributed by atoms with E-state index in [1.165, 1.54) is 6.20 Å². The van der Waals surface area contributed by atoms with Gasteiger partial charge in [0.1, 0.15) is 5.75 Å². The number of hydrogen-bond acceptors (Lipinski definition) is 6. The Morgan fingerprint density at radius 2 is 1.85 bits per heavy atom. The summed E-state index contributed by atoms with van der Waals surface area (Å²) < 4.78 is 5.47. The monoisotopic (exact) mass is 582 g/mol. The van der Waals surface area contributed by atoms with Gasteiger partial charge in [0, 0.05) is 41.4 Å². The van der Waals surface area contributed by atoms with E-state index >= 15 is 0 Å². The molecule has 3 aromatic rings. The number of fused-ring (bicyclic) bond motifs is 1. The number of carboxylic acids is 1. The van der Waals surface area contributed by atoms with Gasteiger partial charge in [0.25, 0.3) is 0 Å². The van der Waals surface area contributed by atoms with Gasteiger partial charge in [-0.3, -0.25) is 4.79 Å². The second-order valence-electron chi connectivity index (χ2n) is 10.4. The molecule has 2 saturated heterocycles. The summed E-state index contributed by atoms with van der Waals surface area (Å²) in [5.41, 5.74) is 2.33. The van der Waals surface area contributed by atoms with Gasteiger partial charge in [-0.2, -0.15) is 0 Å². The van der Waals surface area contributed by atoms with E-state index in [2.05, 4.69) is 9.88 Å². The first-order chi connectivity index (χ1) is 19.3. The smallest absolute Gasteiger partial charge is 0.339 e. The topological polar surface area (TPSA) is 95.9 Å². The fourth-order valence-corrected chi connectivity index (χ4v) is 6.45. The Kier molecular flexibility index (Phi) is 8.76. The van der Waals surface area contributed by atoms with E-state index in [4.69, 9.17) is 32.9 Å². The highest BCUT2D eigenvalue weighted by Gasteiger charge is 2.40. The maximum absolute atomic E-state index is 13.6. The zero-order valence-corrected chi connectivity index (χ0v) is 23.9. The van der Waals surface area contributed by atoms with Crippen molar-refractivity contribution >= 4 is 41.0 Å². The number of ether oxygens (including phenoxy) is 1. The molecule has 3 heterocycles. The standard InChI is InChI=1S/C30H32Cl2N4O4/c1-40-27-8-3-2-6-20(27)14-28(37)36-11-5-4-7-21-17-35(18-26(21)36)30-33-16-24(29(38)39)25(34-30)10-9-19-12-22(31)15-23(32)13-19/h2-3,6,8,12-13,15-16,21,26H,4-5,7,9-11,14,17-18H2,1H3,(H,38,39)/t21-,26+/m0/s1. The summed E-state index contributed by atoms with van der Waals surface area (Å²) in [6.45, 7) is 2.05. The lowest BCUT2D eigenvalue weighted by molar-refractivity contribution is -0.132. The van der Waals surface area contributed by atoms with Gasteiger partial charge in [0.2, 0.25) is 11.9 Å². The number of carboxylic acid groups (broad SMARTS) is 1. The fraction of sp³-hybridized carbons (Fsp3) is 0.400. The molecule has 0 spiro atoms. The van der Waals surface area contributed by atoms with E-state index in [0.717, 1.165) is 49.2 Å². The maximum Gasteiger partial charge on any atom is 0.339 e. The second-order valence-corrected chi connectivity index (χ2v) is 11.3. The number of carbonyl (C=O) groups excluding carboxylic acids is 1. The number of aromatic nitrogens is 2. The molecule has 0 saturated carbocycles. The first-order valence-electron chi connectivity index (χ1n) is 13.5. The number of methoxy groups -OCH3 is 1. The first kappa shape index (κ1) is 28.2. The minimum absolute atomic E-state index is 0.0458. The molecule has 8 nitrogen and oxygen atoms in total. The van der Waals surface area contributed by atoms with Crippen LogP contribution in [0.25, 0.3) is 0 Å². The van der Waals surface area contributed by atoms with Crippen LogP contribution in [0, 0.1) is 5.92 Å². The number of benzene rings is 2. The van der Waals surface area contributed by atoms with E-state index in [1.807, 2.05) is 41.3 Å². The van der Waals surface area contributed by atoms with E-state index in [-0.39, 0.29) is 23.9 Å². The van der Waals surface area contributed by atoms with Crippen LogP contribution in [0.5, 0.6) is 5.75 Å². The third-order valence-corrected chi connectivity index (χ3v) is 8.26. The Bertz CT molecular complexity index is 1380. The van der Waals surface area contributed by atoms with Crippen molar-refractivity contribution in [2.24, 2.45) is 5.92 Å². The number of hydrogen-bond donors (Lipinski definition) is 1. The molecule has 0 aliphatic carbocycles. The first-order valence-corrected chi connectivity index (χ1v) is 14.3. The number of aryl methyl sites for hydroxylation is 2. The molecule has 0 unspecified atom stereocenters. The van der Waals surface area contributed by atoms with Crippen molar-refractivity contribution in [2.45, 2.75) is 44.6 Å². The Morgan fingerprint density at radius 1 is 1.07 bits per heavy atom. The van der Waals surface area contributed by atoms with Crippen molar-refractivity contribution in [3.05, 3.63) is 81.1 Å². The van der Waals surface area contributed by atoms with Crippen molar-refractivity contribution in [3.63, 3.8) is 0 Å². The number of nitrogens with zero attached hydrogens (tertiary/aromatic N) is 4. The molecule has 2 aliphatic rings. The second kappa shape index (κ2) is 12.4. The zero-order chi connectivity index (χ0) is 28.2. The summed E-state index contributed by atoms with van der Waals surface area (Å²) in [5, 5.41) is 10.8. The number of carbonyl (C=O) groups is 2. The van der Waals surface area contributed by atoms with E-state index < -0.39 is 5.97 Å². The van der Waals surface area contributed by atoms with Crippen LogP contribution >= 0.6 is 23.2 Å². The van der Waals surface area contributed by atoms with Gasteiger partial charge < -0.3 is 19.6 Å². The predicted octanol–water partition coefficient (Wildman–Crippen LogP) is 5.34.